The van der Waals surface area contributed by atoms with Gasteiger partial charge in [0.2, 0.25) is 10.0 Å². The number of likely N-dealkylation sites (N-methyl/N-ethyl adjacent to an activating group) is 1. The molecule has 1 aliphatic carbocycles. The molecule has 1 aliphatic heterocycles. The number of hydrogen-bond acceptors (Lipinski definition) is 5. The summed E-state index contributed by atoms with van der Waals surface area (Å²) in [4.78, 5) is 14.7. The van der Waals surface area contributed by atoms with Crippen LogP contribution in [0.3, 0.4) is 0 Å². The lowest BCUT2D eigenvalue weighted by Gasteiger charge is -2.19. The van der Waals surface area contributed by atoms with Gasteiger partial charge in [-0.25, -0.2) is 8.42 Å². The molecule has 32 heavy (non-hydrogen) atoms. The van der Waals surface area contributed by atoms with Gasteiger partial charge in [-0.2, -0.15) is 0 Å². The Morgan fingerprint density at radius 1 is 1.12 bits per heavy atom. The number of fused-ring (bicyclic) bond motifs is 1. The Morgan fingerprint density at radius 2 is 1.84 bits per heavy atom. The quantitative estimate of drug-likeness (QED) is 0.550. The summed E-state index contributed by atoms with van der Waals surface area (Å²) in [6, 6.07) is 15.3. The number of aryl methyl sites for hydroxylation is 1. The number of aromatic nitrogens is 1. The Morgan fingerprint density at radius 3 is 2.47 bits per heavy atom. The van der Waals surface area contributed by atoms with Gasteiger partial charge in [0.05, 0.1) is 11.8 Å². The van der Waals surface area contributed by atoms with Gasteiger partial charge in [0.1, 0.15) is 6.10 Å². The highest BCUT2D eigenvalue weighted by atomic mass is 32.2. The number of anilines is 2. The fourth-order valence-electron chi connectivity index (χ4n) is 4.42. The van der Waals surface area contributed by atoms with Crippen molar-refractivity contribution in [3.05, 3.63) is 70.0 Å². The van der Waals surface area contributed by atoms with E-state index in [4.69, 9.17) is 4.74 Å². The third-order valence-corrected chi connectivity index (χ3v) is 6.87. The summed E-state index contributed by atoms with van der Waals surface area (Å²) in [6.45, 7) is 2.64. The molecule has 3 aromatic rings. The molecule has 8 heteroatoms. The molecule has 5 rings (SSSR count). The lowest BCUT2D eigenvalue weighted by Crippen LogP contribution is -2.22. The molecule has 1 N–H and O–H groups in total. The Bertz CT molecular complexity index is 1340. The van der Waals surface area contributed by atoms with Crippen molar-refractivity contribution >= 4 is 32.3 Å². The van der Waals surface area contributed by atoms with E-state index in [-0.39, 0.29) is 17.9 Å². The normalized spacial score (nSPS) is 20.3. The van der Waals surface area contributed by atoms with Gasteiger partial charge in [0.25, 0.3) is 5.56 Å². The molecule has 1 saturated carbocycles. The molecule has 2 atom stereocenters. The number of rotatable bonds is 7. The van der Waals surface area contributed by atoms with E-state index in [9.17, 15) is 13.2 Å². The van der Waals surface area contributed by atoms with Gasteiger partial charge in [0, 0.05) is 36.4 Å². The highest BCUT2D eigenvalue weighted by molar-refractivity contribution is 7.92. The molecule has 1 aromatic heterocycles. The first-order chi connectivity index (χ1) is 15.2. The summed E-state index contributed by atoms with van der Waals surface area (Å²) in [5.74, 6) is 0.487. The number of hydrogen-bond donors (Lipinski definition) is 1. The average molecular weight is 454 g/mol. The predicted octanol–water partition coefficient (Wildman–Crippen LogP) is 3.80. The molecule has 0 amide bonds. The second-order valence-corrected chi connectivity index (χ2v) is 10.5. The molecule has 2 fully saturated rings. The molecular formula is C24H27N3O4S. The number of benzene rings is 2. The molecule has 0 radical (unpaired) electrons. The zero-order chi connectivity index (χ0) is 22.6. The number of pyridine rings is 1. The predicted molar refractivity (Wildman–Crippen MR) is 127 cm³/mol. The van der Waals surface area contributed by atoms with Gasteiger partial charge in [-0.05, 0) is 67.1 Å². The molecule has 0 spiro atoms. The summed E-state index contributed by atoms with van der Waals surface area (Å²) in [5.41, 5.74) is 4.80. The lowest BCUT2D eigenvalue weighted by atomic mass is 10.0. The Labute approximate surface area is 187 Å². The first-order valence-electron chi connectivity index (χ1n) is 10.9. The van der Waals surface area contributed by atoms with E-state index in [2.05, 4.69) is 15.7 Å². The van der Waals surface area contributed by atoms with Crippen molar-refractivity contribution in [3.8, 4) is 0 Å². The summed E-state index contributed by atoms with van der Waals surface area (Å²) in [6.07, 6.45) is 3.25. The number of epoxide rings is 1. The van der Waals surface area contributed by atoms with Crippen LogP contribution < -0.4 is 15.2 Å². The van der Waals surface area contributed by atoms with E-state index in [0.29, 0.717) is 18.2 Å². The zero-order valence-corrected chi connectivity index (χ0v) is 19.2. The van der Waals surface area contributed by atoms with Gasteiger partial charge in [-0.15, -0.1) is 0 Å². The number of nitrogens with zero attached hydrogens (tertiary/aromatic N) is 2. The fraction of sp³-hybridized carbons (Fsp3) is 0.375. The van der Waals surface area contributed by atoms with Gasteiger partial charge in [-0.1, -0.05) is 12.1 Å². The molecule has 2 aliphatic rings. The van der Waals surface area contributed by atoms with Crippen molar-refractivity contribution in [1.29, 1.82) is 0 Å². The second-order valence-electron chi connectivity index (χ2n) is 8.71. The minimum absolute atomic E-state index is 0.0717. The number of ether oxygens (including phenoxy) is 1. The molecule has 2 unspecified atom stereocenters. The first-order valence-corrected chi connectivity index (χ1v) is 12.8. The third-order valence-electron chi connectivity index (χ3n) is 6.26. The van der Waals surface area contributed by atoms with Crippen LogP contribution in [-0.2, 0) is 21.3 Å². The van der Waals surface area contributed by atoms with Gasteiger partial charge in [0.15, 0.2) is 6.23 Å². The maximum atomic E-state index is 12.5. The molecular weight excluding hydrogens is 426 g/mol. The minimum Gasteiger partial charge on any atom is -0.347 e. The summed E-state index contributed by atoms with van der Waals surface area (Å²) in [5, 5.41) is 1.15. The van der Waals surface area contributed by atoms with Crippen molar-refractivity contribution in [2.75, 3.05) is 22.9 Å². The van der Waals surface area contributed by atoms with Crippen LogP contribution in [0.4, 0.5) is 11.4 Å². The first kappa shape index (κ1) is 21.0. The smallest absolute Gasteiger partial charge is 0.251 e. The number of sulfonamides is 1. The van der Waals surface area contributed by atoms with Crippen LogP contribution in [0.2, 0.25) is 0 Å². The van der Waals surface area contributed by atoms with Crippen LogP contribution in [0, 0.1) is 0 Å². The fourth-order valence-corrected chi connectivity index (χ4v) is 4.98. The Kier molecular flexibility index (Phi) is 5.02. The van der Waals surface area contributed by atoms with Crippen molar-refractivity contribution in [2.45, 2.75) is 44.6 Å². The highest BCUT2D eigenvalue weighted by Gasteiger charge is 2.43. The lowest BCUT2D eigenvalue weighted by molar-refractivity contribution is 0.372. The van der Waals surface area contributed by atoms with E-state index in [1.807, 2.05) is 48.9 Å². The summed E-state index contributed by atoms with van der Waals surface area (Å²) < 4.78 is 33.0. The van der Waals surface area contributed by atoms with Gasteiger partial charge >= 0.3 is 0 Å². The van der Waals surface area contributed by atoms with Crippen LogP contribution in [0.25, 0.3) is 10.9 Å². The van der Waals surface area contributed by atoms with E-state index >= 15 is 0 Å². The Balaban J connectivity index is 1.40. The molecule has 1 saturated heterocycles. The third kappa shape index (κ3) is 4.00. The molecule has 2 aromatic carbocycles. The standard InChI is InChI=1S/C24H27N3O4S/c1-4-27-21-12-11-18(13-20(21)19(14-22(27)28)15-5-6-15)26(2)24-23(31-24)16-7-9-17(10-8-16)25-32(3,29)30/h7-15,23-25H,4-6H2,1-3H3. The van der Waals surface area contributed by atoms with E-state index in [1.54, 1.807) is 12.1 Å². The maximum absolute atomic E-state index is 12.5. The van der Waals surface area contributed by atoms with Crippen molar-refractivity contribution in [3.63, 3.8) is 0 Å². The van der Waals surface area contributed by atoms with Gasteiger partial charge in [-0.3, -0.25) is 9.52 Å². The van der Waals surface area contributed by atoms with E-state index in [1.165, 1.54) is 0 Å². The molecule has 7 nitrogen and oxygen atoms in total. The SMILES string of the molecule is CCn1c(=O)cc(C2CC2)c2cc(N(C)C3OC3c3ccc(NS(C)(=O)=O)cc3)ccc21. The van der Waals surface area contributed by atoms with Crippen LogP contribution >= 0.6 is 0 Å². The number of nitrogens with one attached hydrogen (secondary N) is 1. The summed E-state index contributed by atoms with van der Waals surface area (Å²) in [7, 11) is -1.28. The minimum atomic E-state index is -3.30. The van der Waals surface area contributed by atoms with Crippen LogP contribution in [0.1, 0.15) is 42.9 Å². The zero-order valence-electron chi connectivity index (χ0n) is 18.4. The average Bonchev–Trinajstić information content (AvgIpc) is 3.66. The molecule has 2 heterocycles. The van der Waals surface area contributed by atoms with Crippen LogP contribution in [0.5, 0.6) is 0 Å². The summed E-state index contributed by atoms with van der Waals surface area (Å²) >= 11 is 0. The largest absolute Gasteiger partial charge is 0.347 e. The monoisotopic (exact) mass is 453 g/mol. The molecule has 0 bridgehead atoms. The maximum Gasteiger partial charge on any atom is 0.251 e. The van der Waals surface area contributed by atoms with Gasteiger partial charge < -0.3 is 14.2 Å². The van der Waals surface area contributed by atoms with Crippen molar-refractivity contribution in [2.24, 2.45) is 0 Å². The Hall–Kier alpha value is -2.84. The van der Waals surface area contributed by atoms with Crippen LogP contribution in [-0.4, -0.2) is 32.5 Å². The van der Waals surface area contributed by atoms with Crippen molar-refractivity contribution < 1.29 is 13.2 Å². The van der Waals surface area contributed by atoms with Crippen molar-refractivity contribution in [1.82, 2.24) is 4.57 Å². The highest BCUT2D eigenvalue weighted by Crippen LogP contribution is 2.45. The van der Waals surface area contributed by atoms with E-state index < -0.39 is 10.0 Å². The van der Waals surface area contributed by atoms with Crippen LogP contribution in [0.15, 0.2) is 53.3 Å². The molecule has 168 valence electrons. The topological polar surface area (TPSA) is 83.9 Å². The van der Waals surface area contributed by atoms with E-state index in [0.717, 1.165) is 46.8 Å². The second kappa shape index (κ2) is 7.64.